The number of nitrogens with zero attached hydrogens (tertiary/aromatic N) is 2. The molecule has 0 aliphatic rings. The van der Waals surface area contributed by atoms with Gasteiger partial charge in [-0.1, -0.05) is 49.7 Å². The van der Waals surface area contributed by atoms with Gasteiger partial charge in [0, 0.05) is 13.1 Å². The van der Waals surface area contributed by atoms with Crippen molar-refractivity contribution >= 4 is 27.5 Å². The highest BCUT2D eigenvalue weighted by Gasteiger charge is 2.30. The highest BCUT2D eigenvalue weighted by molar-refractivity contribution is 7.92. The fraction of sp³-hybridized carbons (Fsp3) is 0.462. The molecular formula is C26H37N3O4S. The molecule has 1 atom stereocenters. The molecule has 0 saturated heterocycles. The number of nitrogens with one attached hydrogen (secondary N) is 1. The summed E-state index contributed by atoms with van der Waals surface area (Å²) in [6.07, 6.45) is 1.08. The van der Waals surface area contributed by atoms with Crippen LogP contribution in [0, 0.1) is 26.7 Å². The number of carbonyl (C=O) groups is 2. The molecule has 0 heterocycles. The van der Waals surface area contributed by atoms with Crippen LogP contribution in [0.3, 0.4) is 0 Å². The van der Waals surface area contributed by atoms with Crippen LogP contribution in [0.4, 0.5) is 5.69 Å². The molecule has 2 aromatic rings. The SMILES string of the molecule is Cc1ccc(CN(C(=O)CN(c2cc(C)cc(C)c2)S(C)(=O)=O)[C@@H](C)C(=O)NCC(C)C)cc1. The number of rotatable bonds is 10. The predicted octanol–water partition coefficient (Wildman–Crippen LogP) is 3.57. The molecular weight excluding hydrogens is 450 g/mol. The zero-order chi connectivity index (χ0) is 25.6. The van der Waals surface area contributed by atoms with Crippen LogP contribution in [0.25, 0.3) is 0 Å². The van der Waals surface area contributed by atoms with E-state index in [1.165, 1.54) is 4.90 Å². The number of sulfonamides is 1. The lowest BCUT2D eigenvalue weighted by atomic mass is 10.1. The zero-order valence-electron chi connectivity index (χ0n) is 21.3. The van der Waals surface area contributed by atoms with E-state index in [1.54, 1.807) is 19.1 Å². The first kappa shape index (κ1) is 27.4. The van der Waals surface area contributed by atoms with E-state index >= 15 is 0 Å². The number of hydrogen-bond donors (Lipinski definition) is 1. The van der Waals surface area contributed by atoms with Crippen LogP contribution >= 0.6 is 0 Å². The van der Waals surface area contributed by atoms with Crippen molar-refractivity contribution in [2.24, 2.45) is 5.92 Å². The summed E-state index contributed by atoms with van der Waals surface area (Å²) in [6, 6.07) is 12.4. The molecule has 0 aliphatic heterocycles. The molecule has 2 amide bonds. The fourth-order valence-electron chi connectivity index (χ4n) is 3.63. The largest absolute Gasteiger partial charge is 0.354 e. The lowest BCUT2D eigenvalue weighted by Gasteiger charge is -2.31. The van der Waals surface area contributed by atoms with Crippen LogP contribution in [0.2, 0.25) is 0 Å². The van der Waals surface area contributed by atoms with E-state index in [9.17, 15) is 18.0 Å². The Morgan fingerprint density at radius 3 is 1.97 bits per heavy atom. The molecule has 0 unspecified atom stereocenters. The van der Waals surface area contributed by atoms with Gasteiger partial charge in [-0.2, -0.15) is 0 Å². The molecule has 0 bridgehead atoms. The Kier molecular flexibility index (Phi) is 9.27. The second-order valence-corrected chi connectivity index (χ2v) is 11.3. The van der Waals surface area contributed by atoms with E-state index in [1.807, 2.05) is 65.0 Å². The van der Waals surface area contributed by atoms with Crippen molar-refractivity contribution in [3.63, 3.8) is 0 Å². The summed E-state index contributed by atoms with van der Waals surface area (Å²) in [5.74, 6) is -0.452. The monoisotopic (exact) mass is 487 g/mol. The van der Waals surface area contributed by atoms with Crippen molar-refractivity contribution in [3.8, 4) is 0 Å². The van der Waals surface area contributed by atoms with E-state index < -0.39 is 28.5 Å². The van der Waals surface area contributed by atoms with Gasteiger partial charge in [0.2, 0.25) is 21.8 Å². The van der Waals surface area contributed by atoms with Crippen molar-refractivity contribution in [3.05, 3.63) is 64.7 Å². The zero-order valence-corrected chi connectivity index (χ0v) is 22.1. The predicted molar refractivity (Wildman–Crippen MR) is 137 cm³/mol. The van der Waals surface area contributed by atoms with Gasteiger partial charge < -0.3 is 10.2 Å². The Bertz CT molecular complexity index is 1090. The van der Waals surface area contributed by atoms with Gasteiger partial charge >= 0.3 is 0 Å². The van der Waals surface area contributed by atoms with Crippen LogP contribution in [-0.4, -0.2) is 50.5 Å². The summed E-state index contributed by atoms with van der Waals surface area (Å²) >= 11 is 0. The van der Waals surface area contributed by atoms with E-state index in [0.717, 1.165) is 32.8 Å². The third-order valence-corrected chi connectivity index (χ3v) is 6.64. The average molecular weight is 488 g/mol. The van der Waals surface area contributed by atoms with Crippen LogP contribution in [0.1, 0.15) is 43.0 Å². The lowest BCUT2D eigenvalue weighted by molar-refractivity contribution is -0.139. The number of amides is 2. The van der Waals surface area contributed by atoms with Gasteiger partial charge in [-0.25, -0.2) is 8.42 Å². The standard InChI is InChI=1S/C26H37N3O4S/c1-18(2)15-27-26(31)22(6)28(16-23-10-8-19(3)9-11-23)25(30)17-29(34(7,32)33)24-13-20(4)12-21(5)14-24/h8-14,18,22H,15-17H2,1-7H3,(H,27,31)/t22-/m0/s1. The maximum absolute atomic E-state index is 13.5. The summed E-state index contributed by atoms with van der Waals surface area (Å²) in [7, 11) is -3.74. The minimum absolute atomic E-state index is 0.194. The normalized spacial score (nSPS) is 12.4. The Morgan fingerprint density at radius 2 is 1.47 bits per heavy atom. The summed E-state index contributed by atoms with van der Waals surface area (Å²) in [5, 5.41) is 2.88. The van der Waals surface area contributed by atoms with E-state index in [0.29, 0.717) is 12.2 Å². The minimum Gasteiger partial charge on any atom is -0.354 e. The van der Waals surface area contributed by atoms with E-state index in [-0.39, 0.29) is 18.4 Å². The summed E-state index contributed by atoms with van der Waals surface area (Å²) in [5.41, 5.74) is 4.17. The maximum atomic E-state index is 13.5. The van der Waals surface area contributed by atoms with Gasteiger partial charge in [0.1, 0.15) is 12.6 Å². The molecule has 1 N–H and O–H groups in total. The molecule has 0 aromatic heterocycles. The van der Waals surface area contributed by atoms with E-state index in [2.05, 4.69) is 5.32 Å². The van der Waals surface area contributed by atoms with Crippen LogP contribution < -0.4 is 9.62 Å². The molecule has 0 aliphatic carbocycles. The lowest BCUT2D eigenvalue weighted by Crippen LogP contribution is -2.51. The topological polar surface area (TPSA) is 86.8 Å². The van der Waals surface area contributed by atoms with Gasteiger partial charge in [0.15, 0.2) is 0 Å². The summed E-state index contributed by atoms with van der Waals surface area (Å²) < 4.78 is 26.4. The van der Waals surface area contributed by atoms with Crippen molar-refractivity contribution in [1.29, 1.82) is 0 Å². The van der Waals surface area contributed by atoms with E-state index in [4.69, 9.17) is 0 Å². The Morgan fingerprint density at radius 1 is 0.912 bits per heavy atom. The number of benzene rings is 2. The van der Waals surface area contributed by atoms with Gasteiger partial charge in [-0.05, 0) is 62.4 Å². The third-order valence-electron chi connectivity index (χ3n) is 5.50. The first-order valence-corrected chi connectivity index (χ1v) is 13.3. The number of hydrogen-bond acceptors (Lipinski definition) is 4. The van der Waals surface area contributed by atoms with Gasteiger partial charge in [-0.3, -0.25) is 13.9 Å². The Labute approximate surface area is 204 Å². The van der Waals surface area contributed by atoms with Crippen LogP contribution in [0.15, 0.2) is 42.5 Å². The molecule has 34 heavy (non-hydrogen) atoms. The van der Waals surface area contributed by atoms with Gasteiger partial charge in [0.25, 0.3) is 0 Å². The Balaban J connectivity index is 2.39. The number of anilines is 1. The highest BCUT2D eigenvalue weighted by atomic mass is 32.2. The van der Waals surface area contributed by atoms with Crippen LogP contribution in [-0.2, 0) is 26.2 Å². The third kappa shape index (κ3) is 7.87. The highest BCUT2D eigenvalue weighted by Crippen LogP contribution is 2.22. The molecule has 0 saturated carbocycles. The molecule has 7 nitrogen and oxygen atoms in total. The first-order chi connectivity index (χ1) is 15.8. The second kappa shape index (κ2) is 11.5. The second-order valence-electron chi connectivity index (χ2n) is 9.44. The van der Waals surface area contributed by atoms with Crippen molar-refractivity contribution in [1.82, 2.24) is 10.2 Å². The van der Waals surface area contributed by atoms with Crippen molar-refractivity contribution < 1.29 is 18.0 Å². The molecule has 0 spiro atoms. The number of aryl methyl sites for hydroxylation is 3. The smallest absolute Gasteiger partial charge is 0.244 e. The van der Waals surface area contributed by atoms with Crippen molar-refractivity contribution in [2.75, 3.05) is 23.7 Å². The first-order valence-electron chi connectivity index (χ1n) is 11.5. The Hall–Kier alpha value is -2.87. The molecule has 8 heteroatoms. The average Bonchev–Trinajstić information content (AvgIpc) is 2.73. The number of carbonyl (C=O) groups excluding carboxylic acids is 2. The minimum atomic E-state index is -3.74. The summed E-state index contributed by atoms with van der Waals surface area (Å²) in [6.45, 7) is 11.7. The quantitative estimate of drug-likeness (QED) is 0.555. The molecule has 2 aromatic carbocycles. The molecule has 2 rings (SSSR count). The summed E-state index contributed by atoms with van der Waals surface area (Å²) in [4.78, 5) is 27.8. The van der Waals surface area contributed by atoms with Gasteiger partial charge in [0.05, 0.1) is 11.9 Å². The molecule has 0 radical (unpaired) electrons. The fourth-order valence-corrected chi connectivity index (χ4v) is 4.47. The molecule has 186 valence electrons. The maximum Gasteiger partial charge on any atom is 0.244 e. The van der Waals surface area contributed by atoms with Crippen LogP contribution in [0.5, 0.6) is 0 Å². The molecule has 0 fully saturated rings. The van der Waals surface area contributed by atoms with Crippen molar-refractivity contribution in [2.45, 2.75) is 54.1 Å². The van der Waals surface area contributed by atoms with Gasteiger partial charge in [-0.15, -0.1) is 0 Å².